The lowest BCUT2D eigenvalue weighted by atomic mass is 10.2. The average molecular weight is 507 g/mol. The Kier molecular flexibility index (Phi) is 9.12. The van der Waals surface area contributed by atoms with E-state index < -0.39 is 40.3 Å². The van der Waals surface area contributed by atoms with Crippen molar-refractivity contribution < 1.29 is 27.3 Å². The van der Waals surface area contributed by atoms with E-state index in [0.29, 0.717) is 5.56 Å². The predicted octanol–water partition coefficient (Wildman–Crippen LogP) is 3.73. The third-order valence-corrected chi connectivity index (χ3v) is 12.4. The van der Waals surface area contributed by atoms with Crippen LogP contribution in [0.25, 0.3) is 0 Å². The highest BCUT2D eigenvalue weighted by Crippen LogP contribution is 2.53. The van der Waals surface area contributed by atoms with Crippen LogP contribution >= 0.6 is 7.82 Å². The second kappa shape index (κ2) is 10.7. The Morgan fingerprint density at radius 2 is 1.76 bits per heavy atom. The quantitative estimate of drug-likeness (QED) is 0.349. The average Bonchev–Trinajstić information content (AvgIpc) is 3.09. The zero-order valence-electron chi connectivity index (χ0n) is 21.2. The highest BCUT2D eigenvalue weighted by atomic mass is 31.2. The van der Waals surface area contributed by atoms with E-state index in [1.807, 2.05) is 0 Å². The first-order valence-electron chi connectivity index (χ1n) is 11.3. The van der Waals surface area contributed by atoms with Crippen molar-refractivity contribution in [2.24, 2.45) is 7.05 Å². The summed E-state index contributed by atoms with van der Waals surface area (Å²) in [5.74, 6) is 0. The summed E-state index contributed by atoms with van der Waals surface area (Å²) in [5, 5.41) is -0.0148. The van der Waals surface area contributed by atoms with Crippen molar-refractivity contribution in [2.75, 3.05) is 19.8 Å². The summed E-state index contributed by atoms with van der Waals surface area (Å²) in [6, 6.07) is 0. The number of hydrogen-bond donors (Lipinski definition) is 0. The second-order valence-corrected chi connectivity index (χ2v) is 16.2. The van der Waals surface area contributed by atoms with Gasteiger partial charge in [0.2, 0.25) is 0 Å². The molecule has 1 saturated heterocycles. The minimum atomic E-state index is -3.83. The summed E-state index contributed by atoms with van der Waals surface area (Å²) in [5.41, 5.74) is -0.455. The molecule has 0 saturated carbocycles. The molecule has 0 aliphatic carbocycles. The zero-order valence-corrected chi connectivity index (χ0v) is 23.1. The van der Waals surface area contributed by atoms with Crippen LogP contribution in [-0.2, 0) is 34.3 Å². The van der Waals surface area contributed by atoms with Gasteiger partial charge in [0.15, 0.2) is 8.32 Å². The molecule has 1 aliphatic rings. The molecule has 0 bridgehead atoms. The van der Waals surface area contributed by atoms with Gasteiger partial charge in [0.1, 0.15) is 18.4 Å². The van der Waals surface area contributed by atoms with Gasteiger partial charge in [-0.05, 0) is 38.9 Å². The molecular weight excluding hydrogens is 467 g/mol. The van der Waals surface area contributed by atoms with Gasteiger partial charge in [-0.2, -0.15) is 0 Å². The monoisotopic (exact) mass is 506 g/mol. The topological polar surface area (TPSA) is 107 Å². The fourth-order valence-corrected chi connectivity index (χ4v) is 5.67. The van der Waals surface area contributed by atoms with Crippen molar-refractivity contribution in [3.8, 4) is 0 Å². The molecule has 0 unspecified atom stereocenters. The van der Waals surface area contributed by atoms with Crippen LogP contribution in [0.4, 0.5) is 0 Å². The lowest BCUT2D eigenvalue weighted by molar-refractivity contribution is -0.0453. The fourth-order valence-electron chi connectivity index (χ4n) is 3.27. The summed E-state index contributed by atoms with van der Waals surface area (Å²) < 4.78 is 44.5. The molecule has 0 aromatic carbocycles. The van der Waals surface area contributed by atoms with E-state index in [1.54, 1.807) is 20.8 Å². The molecule has 2 rings (SSSR count). The van der Waals surface area contributed by atoms with E-state index in [0.717, 1.165) is 4.57 Å². The van der Waals surface area contributed by atoms with Gasteiger partial charge in [-0.25, -0.2) is 9.36 Å². The van der Waals surface area contributed by atoms with E-state index >= 15 is 0 Å². The number of aryl methyl sites for hydroxylation is 1. The smallest absolute Gasteiger partial charge is 0.414 e. The van der Waals surface area contributed by atoms with Crippen LogP contribution < -0.4 is 11.2 Å². The predicted molar refractivity (Wildman–Crippen MR) is 128 cm³/mol. The van der Waals surface area contributed by atoms with E-state index in [4.69, 9.17) is 22.7 Å². The van der Waals surface area contributed by atoms with Crippen molar-refractivity contribution in [1.29, 1.82) is 0 Å². The van der Waals surface area contributed by atoms with Crippen LogP contribution in [0.1, 0.15) is 52.8 Å². The molecule has 1 fully saturated rings. The van der Waals surface area contributed by atoms with Gasteiger partial charge in [-0.3, -0.25) is 27.5 Å². The van der Waals surface area contributed by atoms with Crippen LogP contribution in [0.15, 0.2) is 15.8 Å². The highest BCUT2D eigenvalue weighted by Gasteiger charge is 2.45. The van der Waals surface area contributed by atoms with Gasteiger partial charge in [0.05, 0.1) is 19.8 Å². The zero-order chi connectivity index (χ0) is 25.2. The van der Waals surface area contributed by atoms with Gasteiger partial charge in [-0.15, -0.1) is 0 Å². The number of rotatable bonds is 10. The van der Waals surface area contributed by atoms with Crippen LogP contribution in [0.2, 0.25) is 18.1 Å². The molecule has 33 heavy (non-hydrogen) atoms. The SMILES string of the molecule is CCOP(=O)(OCC)O[C@@H]1C[C@@H](n2cc(C)c(=O)n(C)c2=O)O[C@H]1CO[Si](C)(C)C(C)(C)C. The van der Waals surface area contributed by atoms with Gasteiger partial charge < -0.3 is 9.16 Å². The number of phosphoric acid groups is 1. The standard InChI is InChI=1S/C21H39N2O8PSi/c1-10-27-32(26,28-11-2)31-16-12-18(23-13-15(3)19(24)22(7)20(23)25)30-17(16)14-29-33(8,9)21(4,5)6/h13,16-18H,10-12,14H2,1-9H3/t16-,17+,18+/m1/s1. The number of ether oxygens (including phenoxy) is 1. The first-order valence-corrected chi connectivity index (χ1v) is 15.7. The Morgan fingerprint density at radius 3 is 2.27 bits per heavy atom. The van der Waals surface area contributed by atoms with Crippen molar-refractivity contribution in [3.63, 3.8) is 0 Å². The third kappa shape index (κ3) is 6.54. The Morgan fingerprint density at radius 1 is 1.18 bits per heavy atom. The van der Waals surface area contributed by atoms with E-state index in [9.17, 15) is 14.2 Å². The molecule has 2 heterocycles. The minimum absolute atomic E-state index is 0.0148. The first kappa shape index (κ1) is 28.2. The van der Waals surface area contributed by atoms with Crippen molar-refractivity contribution >= 4 is 16.1 Å². The maximum atomic E-state index is 13.1. The molecule has 190 valence electrons. The van der Waals surface area contributed by atoms with E-state index in [2.05, 4.69) is 33.9 Å². The summed E-state index contributed by atoms with van der Waals surface area (Å²) in [7, 11) is -4.51. The van der Waals surface area contributed by atoms with Gasteiger partial charge in [-0.1, -0.05) is 20.8 Å². The highest BCUT2D eigenvalue weighted by molar-refractivity contribution is 7.48. The Bertz CT molecular complexity index is 974. The molecule has 0 N–H and O–H groups in total. The van der Waals surface area contributed by atoms with Crippen LogP contribution in [0, 0.1) is 6.92 Å². The molecule has 0 amide bonds. The lowest BCUT2D eigenvalue weighted by Crippen LogP contribution is -2.44. The fraction of sp³-hybridized carbons (Fsp3) is 0.810. The van der Waals surface area contributed by atoms with Crippen LogP contribution in [0.5, 0.6) is 0 Å². The second-order valence-electron chi connectivity index (χ2n) is 9.73. The largest absolute Gasteiger partial charge is 0.475 e. The van der Waals surface area contributed by atoms with E-state index in [-0.39, 0.29) is 36.8 Å². The minimum Gasteiger partial charge on any atom is -0.414 e. The van der Waals surface area contributed by atoms with Gasteiger partial charge >= 0.3 is 13.5 Å². The number of aromatic nitrogens is 2. The van der Waals surface area contributed by atoms with Crippen LogP contribution in [0.3, 0.4) is 0 Å². The summed E-state index contributed by atoms with van der Waals surface area (Å²) in [6.07, 6.45) is -0.338. The molecule has 10 nitrogen and oxygen atoms in total. The number of nitrogens with zero attached hydrogens (tertiary/aromatic N) is 2. The molecule has 1 aromatic heterocycles. The summed E-state index contributed by atoms with van der Waals surface area (Å²) in [6.45, 7) is 16.2. The molecule has 0 spiro atoms. The molecule has 3 atom stereocenters. The Labute approximate surface area is 196 Å². The van der Waals surface area contributed by atoms with Crippen LogP contribution in [-0.4, -0.2) is 49.5 Å². The van der Waals surface area contributed by atoms with Crippen molar-refractivity contribution in [1.82, 2.24) is 9.13 Å². The van der Waals surface area contributed by atoms with Gasteiger partial charge in [0, 0.05) is 25.2 Å². The molecule has 12 heteroatoms. The molecular formula is C21H39N2O8PSi. The number of hydrogen-bond acceptors (Lipinski definition) is 8. The first-order chi connectivity index (χ1) is 15.2. The van der Waals surface area contributed by atoms with Crippen molar-refractivity contribution in [3.05, 3.63) is 32.6 Å². The maximum absolute atomic E-state index is 13.1. The molecule has 0 radical (unpaired) electrons. The normalized spacial score (nSPS) is 22.2. The number of phosphoric ester groups is 1. The lowest BCUT2D eigenvalue weighted by Gasteiger charge is -2.37. The molecule has 1 aliphatic heterocycles. The van der Waals surface area contributed by atoms with Crippen molar-refractivity contribution in [2.45, 2.75) is 84.5 Å². The maximum Gasteiger partial charge on any atom is 0.475 e. The molecule has 1 aromatic rings. The summed E-state index contributed by atoms with van der Waals surface area (Å²) in [4.78, 5) is 24.9. The Balaban J connectivity index is 2.37. The summed E-state index contributed by atoms with van der Waals surface area (Å²) >= 11 is 0. The Hall–Kier alpha value is -1.07. The van der Waals surface area contributed by atoms with Gasteiger partial charge in [0.25, 0.3) is 5.56 Å². The third-order valence-electron chi connectivity index (χ3n) is 6.23. The van der Waals surface area contributed by atoms with E-state index in [1.165, 1.54) is 17.8 Å².